The van der Waals surface area contributed by atoms with Crippen molar-refractivity contribution >= 4 is 0 Å². The summed E-state index contributed by atoms with van der Waals surface area (Å²) < 4.78 is 5.52. The molecule has 0 aromatic heterocycles. The van der Waals surface area contributed by atoms with Crippen LogP contribution in [0.4, 0.5) is 0 Å². The van der Waals surface area contributed by atoms with Gasteiger partial charge in [-0.1, -0.05) is 76.7 Å². The van der Waals surface area contributed by atoms with Crippen molar-refractivity contribution < 1.29 is 4.74 Å². The number of hydrogen-bond donors (Lipinski definition) is 0. The van der Waals surface area contributed by atoms with Crippen LogP contribution < -0.4 is 0 Å². The fourth-order valence-corrected chi connectivity index (χ4v) is 1.95. The zero-order chi connectivity index (χ0) is 14.0. The van der Waals surface area contributed by atoms with Crippen molar-refractivity contribution in [3.63, 3.8) is 0 Å². The lowest BCUT2D eigenvalue weighted by atomic mass is 10.1. The molecule has 0 unspecified atom stereocenters. The topological polar surface area (TPSA) is 9.23 Å². The van der Waals surface area contributed by atoms with E-state index < -0.39 is 0 Å². The summed E-state index contributed by atoms with van der Waals surface area (Å²) in [6.07, 6.45) is 22.0. The van der Waals surface area contributed by atoms with Gasteiger partial charge in [0.25, 0.3) is 0 Å². The molecule has 0 N–H and O–H groups in total. The molecule has 0 aromatic carbocycles. The normalized spacial score (nSPS) is 11.9. The predicted molar refractivity (Wildman–Crippen MR) is 86.6 cm³/mol. The Morgan fingerprint density at radius 2 is 1.05 bits per heavy atom. The number of unbranched alkanes of at least 4 members (excludes halogenated alkanes) is 8. The minimum absolute atomic E-state index is 0.758. The average molecular weight is 266 g/mol. The van der Waals surface area contributed by atoms with E-state index in [1.165, 1.54) is 64.2 Å². The molecule has 0 spiro atoms. The Bertz CT molecular complexity index is 184. The molecule has 0 saturated carbocycles. The standard InChI is InChI=1S/C18H34O/c1-3-5-7-9-11-13-15-17-19-18-16-14-12-10-8-6-4-2/h13-16H,3-12,17-18H2,1-2H3. The second kappa shape index (κ2) is 17.4. The van der Waals surface area contributed by atoms with Gasteiger partial charge >= 0.3 is 0 Å². The molecule has 0 heterocycles. The Kier molecular flexibility index (Phi) is 16.9. The third kappa shape index (κ3) is 17.4. The van der Waals surface area contributed by atoms with Crippen LogP contribution in [0.1, 0.15) is 78.1 Å². The molecular weight excluding hydrogens is 232 g/mol. The second-order valence-electron chi connectivity index (χ2n) is 5.18. The lowest BCUT2D eigenvalue weighted by Crippen LogP contribution is -1.90. The lowest BCUT2D eigenvalue weighted by Gasteiger charge is -1.97. The van der Waals surface area contributed by atoms with Crippen molar-refractivity contribution in [2.75, 3.05) is 13.2 Å². The van der Waals surface area contributed by atoms with Gasteiger partial charge in [0, 0.05) is 0 Å². The molecule has 0 aliphatic heterocycles. The summed E-state index contributed by atoms with van der Waals surface area (Å²) in [6, 6.07) is 0. The van der Waals surface area contributed by atoms with Gasteiger partial charge in [0.2, 0.25) is 0 Å². The van der Waals surface area contributed by atoms with Crippen molar-refractivity contribution in [1.82, 2.24) is 0 Å². The largest absolute Gasteiger partial charge is 0.373 e. The molecule has 0 amide bonds. The van der Waals surface area contributed by atoms with E-state index in [-0.39, 0.29) is 0 Å². The Labute approximate surface area is 121 Å². The van der Waals surface area contributed by atoms with E-state index in [1.807, 2.05) is 0 Å². The average Bonchev–Trinajstić information content (AvgIpc) is 2.43. The van der Waals surface area contributed by atoms with E-state index in [1.54, 1.807) is 0 Å². The molecule has 19 heavy (non-hydrogen) atoms. The summed E-state index contributed by atoms with van der Waals surface area (Å²) >= 11 is 0. The molecule has 0 rings (SSSR count). The first-order chi connectivity index (χ1) is 9.41. The van der Waals surface area contributed by atoms with Crippen LogP contribution in [-0.4, -0.2) is 13.2 Å². The minimum atomic E-state index is 0.758. The Morgan fingerprint density at radius 1 is 0.579 bits per heavy atom. The van der Waals surface area contributed by atoms with Gasteiger partial charge in [-0.2, -0.15) is 0 Å². The van der Waals surface area contributed by atoms with Gasteiger partial charge in [-0.3, -0.25) is 0 Å². The third-order valence-electron chi connectivity index (χ3n) is 3.21. The van der Waals surface area contributed by atoms with Crippen LogP contribution in [0.15, 0.2) is 24.3 Å². The van der Waals surface area contributed by atoms with E-state index in [0.29, 0.717) is 0 Å². The molecule has 0 radical (unpaired) electrons. The summed E-state index contributed by atoms with van der Waals surface area (Å²) in [5.41, 5.74) is 0. The predicted octanol–water partition coefficient (Wildman–Crippen LogP) is 6.06. The van der Waals surface area contributed by atoms with E-state index in [9.17, 15) is 0 Å². The summed E-state index contributed by atoms with van der Waals surface area (Å²) in [5, 5.41) is 0. The van der Waals surface area contributed by atoms with Crippen molar-refractivity contribution in [3.05, 3.63) is 24.3 Å². The van der Waals surface area contributed by atoms with Gasteiger partial charge in [0.1, 0.15) is 0 Å². The highest BCUT2D eigenvalue weighted by molar-refractivity contribution is 4.84. The molecule has 1 heteroatoms. The lowest BCUT2D eigenvalue weighted by molar-refractivity contribution is 0.193. The van der Waals surface area contributed by atoms with Crippen LogP contribution in [0, 0.1) is 0 Å². The summed E-state index contributed by atoms with van der Waals surface area (Å²) in [6.45, 7) is 6.02. The second-order valence-corrected chi connectivity index (χ2v) is 5.18. The monoisotopic (exact) mass is 266 g/mol. The fourth-order valence-electron chi connectivity index (χ4n) is 1.95. The van der Waals surface area contributed by atoms with Crippen LogP contribution in [0.5, 0.6) is 0 Å². The van der Waals surface area contributed by atoms with Crippen molar-refractivity contribution in [2.24, 2.45) is 0 Å². The summed E-state index contributed by atoms with van der Waals surface area (Å²) in [4.78, 5) is 0. The molecule has 0 saturated heterocycles. The van der Waals surface area contributed by atoms with Crippen LogP contribution >= 0.6 is 0 Å². The van der Waals surface area contributed by atoms with Crippen molar-refractivity contribution in [2.45, 2.75) is 78.1 Å². The number of rotatable bonds is 14. The van der Waals surface area contributed by atoms with Gasteiger partial charge in [0.05, 0.1) is 13.2 Å². The van der Waals surface area contributed by atoms with Gasteiger partial charge in [-0.15, -0.1) is 0 Å². The van der Waals surface area contributed by atoms with Crippen LogP contribution in [0.25, 0.3) is 0 Å². The first-order valence-electron chi connectivity index (χ1n) is 8.29. The van der Waals surface area contributed by atoms with Crippen LogP contribution in [-0.2, 0) is 4.74 Å². The maximum atomic E-state index is 5.52. The van der Waals surface area contributed by atoms with Gasteiger partial charge < -0.3 is 4.74 Å². The summed E-state index contributed by atoms with van der Waals surface area (Å²) in [5.74, 6) is 0. The zero-order valence-electron chi connectivity index (χ0n) is 13.2. The highest BCUT2D eigenvalue weighted by atomic mass is 16.5. The van der Waals surface area contributed by atoms with Crippen molar-refractivity contribution in [3.8, 4) is 0 Å². The Morgan fingerprint density at radius 3 is 1.47 bits per heavy atom. The van der Waals surface area contributed by atoms with Crippen molar-refractivity contribution in [1.29, 1.82) is 0 Å². The Hall–Kier alpha value is -0.560. The van der Waals surface area contributed by atoms with E-state index in [4.69, 9.17) is 4.74 Å². The molecule has 0 bridgehead atoms. The minimum Gasteiger partial charge on any atom is -0.373 e. The van der Waals surface area contributed by atoms with Crippen LogP contribution in [0.2, 0.25) is 0 Å². The first-order valence-corrected chi connectivity index (χ1v) is 8.29. The molecule has 0 aromatic rings. The Balaban J connectivity index is 3.12. The molecular formula is C18H34O. The molecule has 0 atom stereocenters. The summed E-state index contributed by atoms with van der Waals surface area (Å²) in [7, 11) is 0. The van der Waals surface area contributed by atoms with E-state index in [2.05, 4.69) is 38.2 Å². The molecule has 0 aliphatic rings. The highest BCUT2D eigenvalue weighted by Crippen LogP contribution is 2.03. The molecule has 112 valence electrons. The third-order valence-corrected chi connectivity index (χ3v) is 3.21. The molecule has 1 nitrogen and oxygen atoms in total. The zero-order valence-corrected chi connectivity index (χ0v) is 13.2. The fraction of sp³-hybridized carbons (Fsp3) is 0.778. The van der Waals surface area contributed by atoms with E-state index in [0.717, 1.165) is 13.2 Å². The quantitative estimate of drug-likeness (QED) is 0.274. The number of hydrogen-bond acceptors (Lipinski definition) is 1. The van der Waals surface area contributed by atoms with Gasteiger partial charge in [-0.25, -0.2) is 0 Å². The number of allylic oxidation sites excluding steroid dienone is 2. The highest BCUT2D eigenvalue weighted by Gasteiger charge is 1.85. The SMILES string of the molecule is CCCCCCC=CCOCC=CCCCCCC. The van der Waals surface area contributed by atoms with Gasteiger partial charge in [-0.05, 0) is 25.7 Å². The molecule has 0 fully saturated rings. The van der Waals surface area contributed by atoms with Crippen LogP contribution in [0.3, 0.4) is 0 Å². The van der Waals surface area contributed by atoms with Gasteiger partial charge in [0.15, 0.2) is 0 Å². The van der Waals surface area contributed by atoms with E-state index >= 15 is 0 Å². The maximum Gasteiger partial charge on any atom is 0.0651 e. The smallest absolute Gasteiger partial charge is 0.0651 e. The maximum absolute atomic E-state index is 5.52. The number of ether oxygens (including phenoxy) is 1. The molecule has 0 aliphatic carbocycles. The first kappa shape index (κ1) is 18.4.